The Morgan fingerprint density at radius 2 is 2.05 bits per heavy atom. The summed E-state index contributed by atoms with van der Waals surface area (Å²) >= 11 is 0. The summed E-state index contributed by atoms with van der Waals surface area (Å²) in [5.41, 5.74) is 1.26. The molecule has 1 N–H and O–H groups in total. The van der Waals surface area contributed by atoms with E-state index in [9.17, 15) is 0 Å². The van der Waals surface area contributed by atoms with Crippen LogP contribution in [-0.4, -0.2) is 22.6 Å². The lowest BCUT2D eigenvalue weighted by atomic mass is 10.0. The molecule has 4 nitrogen and oxygen atoms in total. The van der Waals surface area contributed by atoms with Gasteiger partial charge in [0.2, 0.25) is 0 Å². The van der Waals surface area contributed by atoms with E-state index in [1.54, 1.807) is 6.33 Å². The second-order valence-electron chi connectivity index (χ2n) is 5.85. The van der Waals surface area contributed by atoms with Crippen molar-refractivity contribution >= 4 is 11.6 Å². The topological polar surface area (TPSA) is 41.0 Å². The third kappa shape index (κ3) is 3.56. The van der Waals surface area contributed by atoms with Gasteiger partial charge in [0.1, 0.15) is 18.0 Å². The third-order valence-electron chi connectivity index (χ3n) is 4.36. The SMILES string of the molecule is CCC1CCCCN1c1cc(NCc2ccccc2)ncn1. The maximum absolute atomic E-state index is 4.49. The van der Waals surface area contributed by atoms with Crippen LogP contribution in [0.3, 0.4) is 0 Å². The second-order valence-corrected chi connectivity index (χ2v) is 5.85. The van der Waals surface area contributed by atoms with Crippen LogP contribution in [0.5, 0.6) is 0 Å². The first-order chi connectivity index (χ1) is 10.9. The number of anilines is 2. The number of nitrogens with one attached hydrogen (secondary N) is 1. The first kappa shape index (κ1) is 14.8. The summed E-state index contributed by atoms with van der Waals surface area (Å²) < 4.78 is 0. The number of hydrogen-bond acceptors (Lipinski definition) is 4. The summed E-state index contributed by atoms with van der Waals surface area (Å²) in [5, 5.41) is 3.40. The molecule has 0 amide bonds. The van der Waals surface area contributed by atoms with E-state index in [2.05, 4.69) is 57.4 Å². The van der Waals surface area contributed by atoms with E-state index >= 15 is 0 Å². The lowest BCUT2D eigenvalue weighted by molar-refractivity contribution is 0.446. The van der Waals surface area contributed by atoms with Crippen LogP contribution in [0, 0.1) is 0 Å². The van der Waals surface area contributed by atoms with Crippen molar-refractivity contribution in [2.24, 2.45) is 0 Å². The molecule has 3 rings (SSSR count). The van der Waals surface area contributed by atoms with Crippen LogP contribution in [0.4, 0.5) is 11.6 Å². The fourth-order valence-corrected chi connectivity index (χ4v) is 3.12. The van der Waals surface area contributed by atoms with Crippen LogP contribution in [0.15, 0.2) is 42.7 Å². The molecule has 1 atom stereocenters. The minimum atomic E-state index is 0.616. The molecule has 1 saturated heterocycles. The van der Waals surface area contributed by atoms with Gasteiger partial charge in [0.25, 0.3) is 0 Å². The van der Waals surface area contributed by atoms with Crippen LogP contribution in [0.2, 0.25) is 0 Å². The van der Waals surface area contributed by atoms with E-state index in [4.69, 9.17) is 0 Å². The summed E-state index contributed by atoms with van der Waals surface area (Å²) in [6, 6.07) is 13.1. The Morgan fingerprint density at radius 1 is 1.18 bits per heavy atom. The number of hydrogen-bond donors (Lipinski definition) is 1. The van der Waals surface area contributed by atoms with Crippen LogP contribution in [-0.2, 0) is 6.54 Å². The number of rotatable bonds is 5. The highest BCUT2D eigenvalue weighted by Gasteiger charge is 2.22. The molecule has 2 aromatic rings. The van der Waals surface area contributed by atoms with Gasteiger partial charge < -0.3 is 10.2 Å². The Labute approximate surface area is 132 Å². The van der Waals surface area contributed by atoms with Crippen molar-refractivity contribution in [2.75, 3.05) is 16.8 Å². The minimum Gasteiger partial charge on any atom is -0.366 e. The van der Waals surface area contributed by atoms with Crippen LogP contribution in [0.1, 0.15) is 38.2 Å². The van der Waals surface area contributed by atoms with Gasteiger partial charge in [-0.25, -0.2) is 9.97 Å². The van der Waals surface area contributed by atoms with Gasteiger partial charge in [-0.2, -0.15) is 0 Å². The Kier molecular flexibility index (Phi) is 4.88. The molecule has 116 valence electrons. The fraction of sp³-hybridized carbons (Fsp3) is 0.444. The molecule has 1 aliphatic heterocycles. The maximum atomic E-state index is 4.49. The lowest BCUT2D eigenvalue weighted by Gasteiger charge is -2.36. The van der Waals surface area contributed by atoms with Gasteiger partial charge >= 0.3 is 0 Å². The van der Waals surface area contributed by atoms with E-state index in [-0.39, 0.29) is 0 Å². The summed E-state index contributed by atoms with van der Waals surface area (Å²) in [7, 11) is 0. The van der Waals surface area contributed by atoms with Crippen molar-refractivity contribution in [1.82, 2.24) is 9.97 Å². The van der Waals surface area contributed by atoms with Crippen LogP contribution in [0.25, 0.3) is 0 Å². The van der Waals surface area contributed by atoms with Crippen LogP contribution >= 0.6 is 0 Å². The van der Waals surface area contributed by atoms with Gasteiger partial charge in [-0.1, -0.05) is 37.3 Å². The first-order valence-electron chi connectivity index (χ1n) is 8.23. The second kappa shape index (κ2) is 7.25. The number of aromatic nitrogens is 2. The van der Waals surface area contributed by atoms with Crippen LogP contribution < -0.4 is 10.2 Å². The fourth-order valence-electron chi connectivity index (χ4n) is 3.12. The van der Waals surface area contributed by atoms with E-state index in [1.807, 2.05) is 6.07 Å². The number of nitrogens with zero attached hydrogens (tertiary/aromatic N) is 3. The summed E-state index contributed by atoms with van der Waals surface area (Å²) in [6.45, 7) is 4.15. The monoisotopic (exact) mass is 296 g/mol. The van der Waals surface area contributed by atoms with E-state index < -0.39 is 0 Å². The Morgan fingerprint density at radius 3 is 2.86 bits per heavy atom. The van der Waals surface area contributed by atoms with E-state index in [0.717, 1.165) is 24.7 Å². The highest BCUT2D eigenvalue weighted by Crippen LogP contribution is 2.25. The van der Waals surface area contributed by atoms with Crippen molar-refractivity contribution in [1.29, 1.82) is 0 Å². The standard InChI is InChI=1S/C18H24N4/c1-2-16-10-6-7-11-22(16)18-12-17(20-14-21-18)19-13-15-8-4-3-5-9-15/h3-5,8-9,12,14,16H,2,6-7,10-11,13H2,1H3,(H,19,20,21). The van der Waals surface area contributed by atoms with Crippen molar-refractivity contribution in [3.05, 3.63) is 48.3 Å². The Bertz CT molecular complexity index is 585. The van der Waals surface area contributed by atoms with Gasteiger partial charge in [-0.3, -0.25) is 0 Å². The molecular formula is C18H24N4. The molecule has 0 radical (unpaired) electrons. The molecule has 0 bridgehead atoms. The first-order valence-corrected chi connectivity index (χ1v) is 8.23. The summed E-state index contributed by atoms with van der Waals surface area (Å²) in [6.07, 6.45) is 6.71. The highest BCUT2D eigenvalue weighted by molar-refractivity contribution is 5.49. The smallest absolute Gasteiger partial charge is 0.134 e. The quantitative estimate of drug-likeness (QED) is 0.909. The molecule has 0 saturated carbocycles. The molecule has 1 aromatic carbocycles. The average molecular weight is 296 g/mol. The zero-order chi connectivity index (χ0) is 15.2. The largest absolute Gasteiger partial charge is 0.366 e. The average Bonchev–Trinajstić information content (AvgIpc) is 2.61. The molecule has 1 unspecified atom stereocenters. The lowest BCUT2D eigenvalue weighted by Crippen LogP contribution is -2.39. The zero-order valence-corrected chi connectivity index (χ0v) is 13.2. The molecule has 0 aliphatic carbocycles. The molecular weight excluding hydrogens is 272 g/mol. The van der Waals surface area contributed by atoms with E-state index in [1.165, 1.54) is 31.2 Å². The van der Waals surface area contributed by atoms with Crippen molar-refractivity contribution in [2.45, 2.75) is 45.2 Å². The van der Waals surface area contributed by atoms with Gasteiger partial charge in [0, 0.05) is 25.2 Å². The molecule has 1 aliphatic rings. The maximum Gasteiger partial charge on any atom is 0.134 e. The van der Waals surface area contributed by atoms with Gasteiger partial charge in [-0.05, 0) is 31.2 Å². The van der Waals surface area contributed by atoms with Crippen molar-refractivity contribution < 1.29 is 0 Å². The zero-order valence-electron chi connectivity index (χ0n) is 13.2. The molecule has 0 spiro atoms. The minimum absolute atomic E-state index is 0.616. The Balaban J connectivity index is 1.69. The van der Waals surface area contributed by atoms with Gasteiger partial charge in [0.15, 0.2) is 0 Å². The van der Waals surface area contributed by atoms with Gasteiger partial charge in [0.05, 0.1) is 0 Å². The van der Waals surface area contributed by atoms with Crippen molar-refractivity contribution in [3.8, 4) is 0 Å². The predicted molar refractivity (Wildman–Crippen MR) is 91.1 cm³/mol. The third-order valence-corrected chi connectivity index (χ3v) is 4.36. The molecule has 2 heterocycles. The molecule has 1 aromatic heterocycles. The number of piperidine rings is 1. The van der Waals surface area contributed by atoms with Gasteiger partial charge in [-0.15, -0.1) is 0 Å². The molecule has 4 heteroatoms. The normalized spacial score (nSPS) is 18.2. The molecule has 22 heavy (non-hydrogen) atoms. The summed E-state index contributed by atoms with van der Waals surface area (Å²) in [4.78, 5) is 11.3. The predicted octanol–water partition coefficient (Wildman–Crippen LogP) is 3.86. The number of benzene rings is 1. The summed E-state index contributed by atoms with van der Waals surface area (Å²) in [5.74, 6) is 1.95. The molecule has 1 fully saturated rings. The Hall–Kier alpha value is -2.10. The highest BCUT2D eigenvalue weighted by atomic mass is 15.2. The van der Waals surface area contributed by atoms with Crippen molar-refractivity contribution in [3.63, 3.8) is 0 Å². The van der Waals surface area contributed by atoms with E-state index in [0.29, 0.717) is 6.04 Å².